The number of carbonyl (C=O) groups is 2. The van der Waals surface area contributed by atoms with E-state index in [0.29, 0.717) is 5.92 Å². The van der Waals surface area contributed by atoms with Crippen molar-refractivity contribution in [2.45, 2.75) is 109 Å². The lowest BCUT2D eigenvalue weighted by molar-refractivity contribution is -0.143. The highest BCUT2D eigenvalue weighted by Crippen LogP contribution is 2.38. The maximum absolute atomic E-state index is 12.4. The van der Waals surface area contributed by atoms with Gasteiger partial charge >= 0.3 is 11.9 Å². The van der Waals surface area contributed by atoms with Gasteiger partial charge in [-0.05, 0) is 62.5 Å². The van der Waals surface area contributed by atoms with Gasteiger partial charge in [-0.1, -0.05) is 70.0 Å². The van der Waals surface area contributed by atoms with E-state index in [9.17, 15) is 19.8 Å². The van der Waals surface area contributed by atoms with Gasteiger partial charge in [0.05, 0.1) is 18.1 Å². The minimum Gasteiger partial charge on any atom is -0.462 e. The third-order valence-corrected chi connectivity index (χ3v) is 7.43. The van der Waals surface area contributed by atoms with Crippen molar-refractivity contribution in [3.63, 3.8) is 0 Å². The lowest BCUT2D eigenvalue weighted by Gasteiger charge is -2.29. The minimum atomic E-state index is -0.689. The van der Waals surface area contributed by atoms with Crippen LogP contribution in [-0.2, 0) is 19.1 Å². The van der Waals surface area contributed by atoms with Crippen molar-refractivity contribution in [1.29, 1.82) is 0 Å². The molecule has 1 aliphatic rings. The zero-order chi connectivity index (χ0) is 28.1. The number of rotatable bonds is 16. The van der Waals surface area contributed by atoms with Crippen LogP contribution in [0.3, 0.4) is 0 Å². The predicted octanol–water partition coefficient (Wildman–Crippen LogP) is 6.36. The summed E-state index contributed by atoms with van der Waals surface area (Å²) in [4.78, 5) is 24.7. The van der Waals surface area contributed by atoms with Crippen LogP contribution in [0.1, 0.15) is 108 Å². The Bertz CT molecular complexity index is 855. The number of aliphatic hydroxyl groups excluding tert-OH is 2. The van der Waals surface area contributed by atoms with Crippen molar-refractivity contribution >= 4 is 11.9 Å². The van der Waals surface area contributed by atoms with Crippen LogP contribution in [0.25, 0.3) is 0 Å². The van der Waals surface area contributed by atoms with Crippen molar-refractivity contribution in [2.24, 2.45) is 5.92 Å². The molecule has 1 aromatic rings. The van der Waals surface area contributed by atoms with Crippen LogP contribution >= 0.6 is 0 Å². The number of ether oxygens (including phenoxy) is 2. The summed E-state index contributed by atoms with van der Waals surface area (Å²) in [6, 6.07) is 8.36. The van der Waals surface area contributed by atoms with Crippen LogP contribution in [0, 0.1) is 5.92 Å². The molecule has 1 aliphatic carbocycles. The Labute approximate surface area is 229 Å². The Morgan fingerprint density at radius 3 is 1.82 bits per heavy atom. The fourth-order valence-electron chi connectivity index (χ4n) is 5.18. The van der Waals surface area contributed by atoms with E-state index >= 15 is 0 Å². The second kappa shape index (κ2) is 16.5. The van der Waals surface area contributed by atoms with Crippen molar-refractivity contribution in [2.75, 3.05) is 13.2 Å². The number of carbonyl (C=O) groups excluding carboxylic acids is 2. The lowest BCUT2D eigenvalue weighted by atomic mass is 9.77. The number of benzene rings is 1. The number of aliphatic hydroxyl groups is 2. The largest absolute Gasteiger partial charge is 0.462 e. The van der Waals surface area contributed by atoms with Crippen LogP contribution in [-0.4, -0.2) is 47.6 Å². The summed E-state index contributed by atoms with van der Waals surface area (Å²) in [6.07, 6.45) is 9.19. The maximum Gasteiger partial charge on any atom is 0.333 e. The molecule has 1 aromatic carbocycles. The molecule has 0 spiro atoms. The van der Waals surface area contributed by atoms with Gasteiger partial charge in [0.1, 0.15) is 13.2 Å². The van der Waals surface area contributed by atoms with Gasteiger partial charge in [0.15, 0.2) is 0 Å². The van der Waals surface area contributed by atoms with Gasteiger partial charge in [0, 0.05) is 24.0 Å². The van der Waals surface area contributed by atoms with Gasteiger partial charge < -0.3 is 19.7 Å². The summed E-state index contributed by atoms with van der Waals surface area (Å²) in [5.74, 6) is -0.0998. The number of hydrogen-bond donors (Lipinski definition) is 2. The first-order chi connectivity index (χ1) is 18.1. The van der Waals surface area contributed by atoms with Gasteiger partial charge in [-0.15, -0.1) is 0 Å². The second-order valence-electron chi connectivity index (χ2n) is 11.1. The normalized spacial score (nSPS) is 19.7. The quantitative estimate of drug-likeness (QED) is 0.147. The van der Waals surface area contributed by atoms with Gasteiger partial charge in [-0.3, -0.25) is 0 Å². The highest BCUT2D eigenvalue weighted by atomic mass is 16.5. The van der Waals surface area contributed by atoms with E-state index in [1.165, 1.54) is 56.9 Å². The Morgan fingerprint density at radius 1 is 0.868 bits per heavy atom. The van der Waals surface area contributed by atoms with Gasteiger partial charge in [-0.2, -0.15) is 0 Å². The fraction of sp³-hybridized carbons (Fsp3) is 0.625. The smallest absolute Gasteiger partial charge is 0.333 e. The fourth-order valence-corrected chi connectivity index (χ4v) is 5.18. The Morgan fingerprint density at radius 2 is 1.37 bits per heavy atom. The summed E-state index contributed by atoms with van der Waals surface area (Å²) in [5.41, 5.74) is 2.62. The highest BCUT2D eigenvalue weighted by molar-refractivity contribution is 5.88. The van der Waals surface area contributed by atoms with E-state index in [1.54, 1.807) is 13.8 Å². The van der Waals surface area contributed by atoms with Crippen LogP contribution in [0.15, 0.2) is 48.6 Å². The molecule has 0 bridgehead atoms. The Kier molecular flexibility index (Phi) is 13.8. The molecule has 38 heavy (non-hydrogen) atoms. The molecule has 0 aliphatic heterocycles. The average molecular weight is 529 g/mol. The summed E-state index contributed by atoms with van der Waals surface area (Å²) in [6.45, 7) is 12.9. The molecular formula is C32H48O6. The Hall–Kier alpha value is -2.44. The van der Waals surface area contributed by atoms with Crippen LogP contribution in [0.2, 0.25) is 0 Å². The summed E-state index contributed by atoms with van der Waals surface area (Å²) < 4.78 is 10.9. The van der Waals surface area contributed by atoms with Crippen molar-refractivity contribution in [3.8, 4) is 0 Å². The zero-order valence-electron chi connectivity index (χ0n) is 23.6. The molecular weight excluding hydrogens is 480 g/mol. The molecule has 0 aromatic heterocycles. The van der Waals surface area contributed by atoms with Crippen LogP contribution in [0.5, 0.6) is 0 Å². The van der Waals surface area contributed by atoms with E-state index in [1.807, 2.05) is 12.1 Å². The van der Waals surface area contributed by atoms with E-state index in [4.69, 9.17) is 9.47 Å². The van der Waals surface area contributed by atoms with Gasteiger partial charge in [0.2, 0.25) is 0 Å². The number of hydrogen-bond acceptors (Lipinski definition) is 6. The SMILES string of the molecule is C=C(CC(C)O)C(=O)OCC(COC(=O)C(=C)CC(C)O)c1ccc(C2CCC(CCCCC)CC2)cc1. The molecule has 0 radical (unpaired) electrons. The molecule has 212 valence electrons. The van der Waals surface area contributed by atoms with Gasteiger partial charge in [0.25, 0.3) is 0 Å². The van der Waals surface area contributed by atoms with Crippen molar-refractivity contribution in [1.82, 2.24) is 0 Å². The zero-order valence-corrected chi connectivity index (χ0v) is 23.6. The standard InChI is InChI=1S/C32H48O6/c1-6-7-8-9-26-10-12-27(13-11-26)28-14-16-29(17-15-28)30(20-37-31(35)22(2)18-24(4)33)21-38-32(36)23(3)19-25(5)34/h14-17,24-27,30,33-34H,2-3,6-13,18-21H2,1,4-5H3. The summed E-state index contributed by atoms with van der Waals surface area (Å²) in [5, 5.41) is 19.1. The maximum atomic E-state index is 12.4. The molecule has 2 unspecified atom stereocenters. The molecule has 0 heterocycles. The first-order valence-corrected chi connectivity index (χ1v) is 14.3. The van der Waals surface area contributed by atoms with E-state index in [-0.39, 0.29) is 43.1 Å². The topological polar surface area (TPSA) is 93.1 Å². The molecule has 0 saturated heterocycles. The predicted molar refractivity (Wildman–Crippen MR) is 151 cm³/mol. The lowest BCUT2D eigenvalue weighted by Crippen LogP contribution is -2.22. The van der Waals surface area contributed by atoms with E-state index in [0.717, 1.165) is 11.5 Å². The molecule has 6 nitrogen and oxygen atoms in total. The molecule has 6 heteroatoms. The van der Waals surface area contributed by atoms with Crippen LogP contribution < -0.4 is 0 Å². The molecule has 2 N–H and O–H groups in total. The summed E-state index contributed by atoms with van der Waals surface area (Å²) in [7, 11) is 0. The number of unbranched alkanes of at least 4 members (excludes halogenated alkanes) is 2. The Balaban J connectivity index is 2.02. The molecule has 2 atom stereocenters. The minimum absolute atomic E-state index is 0.00996. The monoisotopic (exact) mass is 528 g/mol. The van der Waals surface area contributed by atoms with E-state index < -0.39 is 24.1 Å². The van der Waals surface area contributed by atoms with Crippen molar-refractivity contribution in [3.05, 3.63) is 59.7 Å². The van der Waals surface area contributed by atoms with Crippen molar-refractivity contribution < 1.29 is 29.3 Å². The first-order valence-electron chi connectivity index (χ1n) is 14.3. The summed E-state index contributed by atoms with van der Waals surface area (Å²) >= 11 is 0. The molecule has 1 fully saturated rings. The van der Waals surface area contributed by atoms with Gasteiger partial charge in [-0.25, -0.2) is 9.59 Å². The first kappa shape index (κ1) is 31.8. The molecule has 2 rings (SSSR count). The average Bonchev–Trinajstić information content (AvgIpc) is 2.88. The molecule has 0 amide bonds. The van der Waals surface area contributed by atoms with E-state index in [2.05, 4.69) is 32.2 Å². The number of esters is 2. The molecule has 1 saturated carbocycles. The highest BCUT2D eigenvalue weighted by Gasteiger charge is 2.24. The van der Waals surface area contributed by atoms with Crippen LogP contribution in [0.4, 0.5) is 0 Å². The second-order valence-corrected chi connectivity index (χ2v) is 11.1. The third-order valence-electron chi connectivity index (χ3n) is 7.43. The third kappa shape index (κ3) is 11.1.